The third-order valence-corrected chi connectivity index (χ3v) is 6.21. The Bertz CT molecular complexity index is 1370. The van der Waals surface area contributed by atoms with E-state index in [0.29, 0.717) is 35.8 Å². The molecule has 2 heterocycles. The molecule has 178 valence electrons. The zero-order chi connectivity index (χ0) is 24.7. The van der Waals surface area contributed by atoms with E-state index >= 15 is 0 Å². The highest BCUT2D eigenvalue weighted by Gasteiger charge is 2.46. The zero-order valence-electron chi connectivity index (χ0n) is 18.2. The summed E-state index contributed by atoms with van der Waals surface area (Å²) in [7, 11) is 0. The van der Waals surface area contributed by atoms with E-state index in [4.69, 9.17) is 21.1 Å². The molecule has 0 bridgehead atoms. The Morgan fingerprint density at radius 2 is 1.71 bits per heavy atom. The lowest BCUT2D eigenvalue weighted by Gasteiger charge is -2.26. The molecular formula is C26H19ClFNO6. The predicted octanol–water partition coefficient (Wildman–Crippen LogP) is 4.58. The monoisotopic (exact) mass is 495 g/mol. The lowest BCUT2D eigenvalue weighted by Crippen LogP contribution is -2.29. The van der Waals surface area contributed by atoms with Crippen LogP contribution < -0.4 is 9.47 Å². The van der Waals surface area contributed by atoms with Gasteiger partial charge in [-0.05, 0) is 53.6 Å². The topological polar surface area (TPSA) is 96.3 Å². The van der Waals surface area contributed by atoms with Crippen molar-refractivity contribution in [2.24, 2.45) is 0 Å². The number of ketones is 1. The summed E-state index contributed by atoms with van der Waals surface area (Å²) in [5, 5.41) is 21.1. The minimum absolute atomic E-state index is 0.0219. The number of carbonyl (C=O) groups excluding carboxylic acids is 2. The predicted molar refractivity (Wildman–Crippen MR) is 125 cm³/mol. The van der Waals surface area contributed by atoms with Gasteiger partial charge in [-0.2, -0.15) is 0 Å². The van der Waals surface area contributed by atoms with E-state index in [-0.39, 0.29) is 28.5 Å². The van der Waals surface area contributed by atoms with Gasteiger partial charge in [-0.3, -0.25) is 9.59 Å². The second kappa shape index (κ2) is 8.96. The quantitative estimate of drug-likeness (QED) is 0.312. The molecular weight excluding hydrogens is 477 g/mol. The first-order valence-electron chi connectivity index (χ1n) is 10.7. The first-order chi connectivity index (χ1) is 16.8. The molecule has 0 spiro atoms. The van der Waals surface area contributed by atoms with Crippen molar-refractivity contribution in [3.8, 4) is 17.2 Å². The molecule has 3 aromatic carbocycles. The van der Waals surface area contributed by atoms with Gasteiger partial charge in [-0.1, -0.05) is 29.8 Å². The molecule has 1 amide bonds. The molecule has 3 aromatic rings. The number of fused-ring (bicyclic) bond motifs is 1. The summed E-state index contributed by atoms with van der Waals surface area (Å²) in [5.74, 6) is -1.79. The van der Waals surface area contributed by atoms with Gasteiger partial charge in [0, 0.05) is 12.1 Å². The summed E-state index contributed by atoms with van der Waals surface area (Å²) in [6.45, 7) is 0.714. The van der Waals surface area contributed by atoms with Crippen LogP contribution in [0.5, 0.6) is 17.2 Å². The number of nitrogens with zero attached hydrogens (tertiary/aromatic N) is 1. The fourth-order valence-corrected chi connectivity index (χ4v) is 4.40. The van der Waals surface area contributed by atoms with E-state index in [0.717, 1.165) is 0 Å². The highest BCUT2D eigenvalue weighted by molar-refractivity contribution is 6.46. The molecule has 2 aliphatic heterocycles. The van der Waals surface area contributed by atoms with Crippen molar-refractivity contribution in [2.45, 2.75) is 12.6 Å². The number of ether oxygens (including phenoxy) is 2. The number of Topliss-reactive ketones (excluding diaryl/α,β-unsaturated/α-hetero) is 1. The van der Waals surface area contributed by atoms with Crippen molar-refractivity contribution in [3.63, 3.8) is 0 Å². The SMILES string of the molecule is O=C1C(=O)N(Cc2ccc(F)cc2)C(c2ccc(O)c(Cl)c2)/C1=C(/O)c1ccc2c(c1)OCCO2. The number of aromatic hydroxyl groups is 1. The third-order valence-electron chi connectivity index (χ3n) is 5.91. The zero-order valence-corrected chi connectivity index (χ0v) is 19.0. The van der Waals surface area contributed by atoms with Gasteiger partial charge in [-0.15, -0.1) is 0 Å². The van der Waals surface area contributed by atoms with Gasteiger partial charge in [0.05, 0.1) is 16.6 Å². The second-order valence-corrected chi connectivity index (χ2v) is 8.53. The number of phenolic OH excluding ortho intramolecular Hbond substituents is 1. The number of hydrogen-bond donors (Lipinski definition) is 2. The molecule has 1 unspecified atom stereocenters. The lowest BCUT2D eigenvalue weighted by molar-refractivity contribution is -0.140. The van der Waals surface area contributed by atoms with Crippen LogP contribution in [0.25, 0.3) is 5.76 Å². The Morgan fingerprint density at radius 3 is 2.43 bits per heavy atom. The molecule has 1 atom stereocenters. The van der Waals surface area contributed by atoms with Crippen molar-refractivity contribution in [1.82, 2.24) is 4.90 Å². The fourth-order valence-electron chi connectivity index (χ4n) is 4.22. The maximum atomic E-state index is 13.4. The number of amides is 1. The Morgan fingerprint density at radius 1 is 1.00 bits per heavy atom. The van der Waals surface area contributed by atoms with Crippen LogP contribution in [0.15, 0.2) is 66.2 Å². The number of aliphatic hydroxyl groups is 1. The standard InChI is InChI=1S/C26H19ClFNO6/c27-18-11-15(3-7-19(18)30)23-22(24(31)16-4-8-20-21(12-16)35-10-9-34-20)25(32)26(33)29(23)13-14-1-5-17(28)6-2-14/h1-8,11-12,23,30-31H,9-10,13H2/b24-22-. The molecule has 0 aliphatic carbocycles. The Kier molecular flexibility index (Phi) is 5.82. The number of carbonyl (C=O) groups is 2. The maximum absolute atomic E-state index is 13.4. The fraction of sp³-hybridized carbons (Fsp3) is 0.154. The molecule has 0 radical (unpaired) electrons. The molecule has 2 aliphatic rings. The highest BCUT2D eigenvalue weighted by atomic mass is 35.5. The summed E-state index contributed by atoms with van der Waals surface area (Å²) >= 11 is 6.13. The number of hydrogen-bond acceptors (Lipinski definition) is 6. The average Bonchev–Trinajstić information content (AvgIpc) is 3.11. The Labute approximate surface area is 204 Å². The highest BCUT2D eigenvalue weighted by Crippen LogP contribution is 2.43. The number of aliphatic hydroxyl groups excluding tert-OH is 1. The van der Waals surface area contributed by atoms with Gasteiger partial charge in [0.15, 0.2) is 11.5 Å². The van der Waals surface area contributed by atoms with Crippen molar-refractivity contribution in [2.75, 3.05) is 13.2 Å². The largest absolute Gasteiger partial charge is 0.507 e. The van der Waals surface area contributed by atoms with Gasteiger partial charge >= 0.3 is 0 Å². The van der Waals surface area contributed by atoms with Gasteiger partial charge in [0.2, 0.25) is 0 Å². The Balaban J connectivity index is 1.64. The molecule has 1 fully saturated rings. The first kappa shape index (κ1) is 22.7. The van der Waals surface area contributed by atoms with Gasteiger partial charge in [0.1, 0.15) is 30.5 Å². The normalized spacial score (nSPS) is 18.7. The summed E-state index contributed by atoms with van der Waals surface area (Å²) in [6.07, 6.45) is 0. The van der Waals surface area contributed by atoms with E-state index in [2.05, 4.69) is 0 Å². The second-order valence-electron chi connectivity index (χ2n) is 8.12. The summed E-state index contributed by atoms with van der Waals surface area (Å²) in [6, 6.07) is 13.5. The smallest absolute Gasteiger partial charge is 0.295 e. The lowest BCUT2D eigenvalue weighted by atomic mass is 9.95. The van der Waals surface area contributed by atoms with Gasteiger partial charge in [-0.25, -0.2) is 4.39 Å². The van der Waals surface area contributed by atoms with Crippen LogP contribution in [-0.4, -0.2) is 40.0 Å². The summed E-state index contributed by atoms with van der Waals surface area (Å²) < 4.78 is 24.5. The molecule has 0 saturated carbocycles. The van der Waals surface area contributed by atoms with E-state index < -0.39 is 29.3 Å². The van der Waals surface area contributed by atoms with Crippen molar-refractivity contribution in [3.05, 3.63) is 93.8 Å². The van der Waals surface area contributed by atoms with Crippen molar-refractivity contribution in [1.29, 1.82) is 0 Å². The van der Waals surface area contributed by atoms with Crippen molar-refractivity contribution >= 4 is 29.1 Å². The van der Waals surface area contributed by atoms with Crippen LogP contribution in [0.4, 0.5) is 4.39 Å². The summed E-state index contributed by atoms with van der Waals surface area (Å²) in [4.78, 5) is 27.6. The average molecular weight is 496 g/mol. The van der Waals surface area contributed by atoms with Crippen LogP contribution in [0, 0.1) is 5.82 Å². The number of likely N-dealkylation sites (tertiary alicyclic amines) is 1. The summed E-state index contributed by atoms with van der Waals surface area (Å²) in [5.41, 5.74) is 1.12. The molecule has 7 nitrogen and oxygen atoms in total. The van der Waals surface area contributed by atoms with Crippen LogP contribution in [-0.2, 0) is 16.1 Å². The van der Waals surface area contributed by atoms with E-state index in [1.165, 1.54) is 53.4 Å². The van der Waals surface area contributed by atoms with Crippen LogP contribution in [0.1, 0.15) is 22.7 Å². The van der Waals surface area contributed by atoms with Gasteiger partial charge in [0.25, 0.3) is 11.7 Å². The molecule has 2 N–H and O–H groups in total. The minimum atomic E-state index is -1.01. The van der Waals surface area contributed by atoms with Crippen LogP contribution in [0.2, 0.25) is 5.02 Å². The van der Waals surface area contributed by atoms with E-state index in [1.54, 1.807) is 12.1 Å². The van der Waals surface area contributed by atoms with Crippen LogP contribution >= 0.6 is 11.6 Å². The molecule has 5 rings (SSSR count). The molecule has 9 heteroatoms. The maximum Gasteiger partial charge on any atom is 0.295 e. The molecule has 0 aromatic heterocycles. The number of rotatable bonds is 4. The van der Waals surface area contributed by atoms with Crippen LogP contribution in [0.3, 0.4) is 0 Å². The van der Waals surface area contributed by atoms with Crippen molar-refractivity contribution < 1.29 is 33.7 Å². The van der Waals surface area contributed by atoms with Gasteiger partial charge < -0.3 is 24.6 Å². The molecule has 35 heavy (non-hydrogen) atoms. The van der Waals surface area contributed by atoms with E-state index in [1.807, 2.05) is 0 Å². The number of halogens is 2. The first-order valence-corrected chi connectivity index (χ1v) is 11.1. The number of benzene rings is 3. The minimum Gasteiger partial charge on any atom is -0.507 e. The van der Waals surface area contributed by atoms with E-state index in [9.17, 15) is 24.2 Å². The molecule has 1 saturated heterocycles. The Hall–Kier alpha value is -4.04. The third kappa shape index (κ3) is 4.17. The number of phenols is 1.